The lowest BCUT2D eigenvalue weighted by Crippen LogP contribution is -2.08. The van der Waals surface area contributed by atoms with E-state index in [9.17, 15) is 9.59 Å². The molecular weight excluding hydrogens is 494 g/mol. The highest BCUT2D eigenvalue weighted by atomic mass is 16.3. The van der Waals surface area contributed by atoms with Crippen LogP contribution < -0.4 is 4.90 Å². The van der Waals surface area contributed by atoms with E-state index < -0.39 is 0 Å². The fourth-order valence-corrected chi connectivity index (χ4v) is 5.28. The Hall–Kier alpha value is -5.48. The molecule has 1 aliphatic carbocycles. The SMILES string of the molecule is O=C1C(=Cc2ccc3cc(N(c4ccc(-c5ccccc5)cc4)c4ccco4)ccc3c2)C(=O)c2ccccc21. The van der Waals surface area contributed by atoms with Crippen molar-refractivity contribution in [1.82, 2.24) is 0 Å². The van der Waals surface area contributed by atoms with Crippen molar-refractivity contribution >= 4 is 45.7 Å². The number of rotatable bonds is 5. The summed E-state index contributed by atoms with van der Waals surface area (Å²) in [6.45, 7) is 0. The lowest BCUT2D eigenvalue weighted by Gasteiger charge is -2.23. The normalized spacial score (nSPS) is 12.6. The van der Waals surface area contributed by atoms with Gasteiger partial charge < -0.3 is 4.42 Å². The first kappa shape index (κ1) is 23.6. The van der Waals surface area contributed by atoms with Crippen molar-refractivity contribution in [3.05, 3.63) is 156 Å². The Balaban J connectivity index is 1.23. The Morgan fingerprint density at radius 2 is 1.18 bits per heavy atom. The second kappa shape index (κ2) is 9.68. The lowest BCUT2D eigenvalue weighted by atomic mass is 10.0. The molecule has 1 aromatic heterocycles. The van der Waals surface area contributed by atoms with E-state index in [4.69, 9.17) is 4.42 Å². The van der Waals surface area contributed by atoms with Crippen LogP contribution in [0.5, 0.6) is 0 Å². The van der Waals surface area contributed by atoms with E-state index in [1.807, 2.05) is 54.6 Å². The van der Waals surface area contributed by atoms with Crippen LogP contribution in [-0.4, -0.2) is 11.6 Å². The molecule has 6 aromatic rings. The first-order valence-corrected chi connectivity index (χ1v) is 13.1. The van der Waals surface area contributed by atoms with E-state index >= 15 is 0 Å². The van der Waals surface area contributed by atoms with Gasteiger partial charge in [0.15, 0.2) is 11.6 Å². The lowest BCUT2D eigenvalue weighted by molar-refractivity contribution is 0.0990. The molecule has 0 amide bonds. The molecule has 0 saturated carbocycles. The highest BCUT2D eigenvalue weighted by Crippen LogP contribution is 2.37. The maximum absolute atomic E-state index is 12.8. The first-order chi connectivity index (χ1) is 19.7. The van der Waals surface area contributed by atoms with Crippen LogP contribution in [0.25, 0.3) is 28.0 Å². The van der Waals surface area contributed by atoms with Crippen LogP contribution in [0.15, 0.2) is 144 Å². The number of allylic oxidation sites excluding steroid dienone is 1. The van der Waals surface area contributed by atoms with Gasteiger partial charge >= 0.3 is 0 Å². The molecule has 0 fully saturated rings. The van der Waals surface area contributed by atoms with Gasteiger partial charge in [-0.3, -0.25) is 14.5 Å². The summed E-state index contributed by atoms with van der Waals surface area (Å²) in [6.07, 6.45) is 3.37. The number of hydrogen-bond acceptors (Lipinski definition) is 4. The van der Waals surface area contributed by atoms with Crippen LogP contribution >= 0.6 is 0 Å². The van der Waals surface area contributed by atoms with Crippen molar-refractivity contribution in [2.24, 2.45) is 0 Å². The molecule has 1 heterocycles. The molecule has 0 unspecified atom stereocenters. The topological polar surface area (TPSA) is 50.5 Å². The molecule has 0 N–H and O–H groups in total. The number of carbonyl (C=O) groups excluding carboxylic acids is 2. The van der Waals surface area contributed by atoms with Crippen LogP contribution in [0.4, 0.5) is 17.3 Å². The van der Waals surface area contributed by atoms with Gasteiger partial charge in [0, 0.05) is 28.6 Å². The molecule has 0 bridgehead atoms. The van der Waals surface area contributed by atoms with E-state index in [2.05, 4.69) is 53.4 Å². The van der Waals surface area contributed by atoms with Crippen LogP contribution in [0.1, 0.15) is 26.3 Å². The average Bonchev–Trinajstić information content (AvgIpc) is 3.62. The standard InChI is InChI=1S/C36H23NO3/c38-35-31-9-4-5-10-32(31)36(39)33(35)22-24-12-13-28-23-30(19-16-27(28)21-24)37(34-11-6-20-40-34)29-17-14-26(15-18-29)25-7-2-1-3-8-25/h1-23H. The summed E-state index contributed by atoms with van der Waals surface area (Å²) in [4.78, 5) is 27.8. The van der Waals surface area contributed by atoms with Crippen LogP contribution in [0.3, 0.4) is 0 Å². The number of nitrogens with zero attached hydrogens (tertiary/aromatic N) is 1. The van der Waals surface area contributed by atoms with Gasteiger partial charge in [0.2, 0.25) is 5.88 Å². The maximum Gasteiger partial charge on any atom is 0.204 e. The molecule has 0 aliphatic heterocycles. The number of fused-ring (bicyclic) bond motifs is 2. The number of benzene rings is 5. The number of furan rings is 1. The fraction of sp³-hybridized carbons (Fsp3) is 0. The highest BCUT2D eigenvalue weighted by Gasteiger charge is 2.32. The van der Waals surface area contributed by atoms with Gasteiger partial charge in [-0.05, 0) is 69.9 Å². The number of ketones is 2. The van der Waals surface area contributed by atoms with Gasteiger partial charge in [0.25, 0.3) is 0 Å². The predicted molar refractivity (Wildman–Crippen MR) is 159 cm³/mol. The average molecular weight is 518 g/mol. The van der Waals surface area contributed by atoms with Crippen molar-refractivity contribution in [1.29, 1.82) is 0 Å². The predicted octanol–water partition coefficient (Wildman–Crippen LogP) is 9.03. The molecule has 5 aromatic carbocycles. The van der Waals surface area contributed by atoms with Crippen molar-refractivity contribution < 1.29 is 14.0 Å². The Morgan fingerprint density at radius 3 is 1.88 bits per heavy atom. The van der Waals surface area contributed by atoms with Crippen LogP contribution in [-0.2, 0) is 0 Å². The van der Waals surface area contributed by atoms with Crippen molar-refractivity contribution in [3.63, 3.8) is 0 Å². The second-order valence-electron chi connectivity index (χ2n) is 9.75. The summed E-state index contributed by atoms with van der Waals surface area (Å²) in [5.74, 6) is 0.276. The number of anilines is 3. The minimum atomic E-state index is -0.219. The minimum Gasteiger partial charge on any atom is -0.448 e. The van der Waals surface area contributed by atoms with E-state index in [-0.39, 0.29) is 17.1 Å². The maximum atomic E-state index is 12.8. The Labute approximate surface area is 231 Å². The molecule has 190 valence electrons. The zero-order valence-electron chi connectivity index (χ0n) is 21.5. The molecular formula is C36H23NO3. The zero-order chi connectivity index (χ0) is 27.1. The molecule has 4 nitrogen and oxygen atoms in total. The second-order valence-corrected chi connectivity index (χ2v) is 9.75. The largest absolute Gasteiger partial charge is 0.448 e. The first-order valence-electron chi connectivity index (χ1n) is 13.1. The van der Waals surface area contributed by atoms with E-state index in [0.29, 0.717) is 17.0 Å². The third kappa shape index (κ3) is 4.12. The molecule has 7 rings (SSSR count). The van der Waals surface area contributed by atoms with Crippen LogP contribution in [0, 0.1) is 0 Å². The molecule has 0 radical (unpaired) electrons. The Kier molecular flexibility index (Phi) is 5.72. The molecule has 0 spiro atoms. The zero-order valence-corrected chi connectivity index (χ0v) is 21.5. The molecule has 0 saturated heterocycles. The van der Waals surface area contributed by atoms with Gasteiger partial charge in [-0.2, -0.15) is 0 Å². The molecule has 1 aliphatic rings. The van der Waals surface area contributed by atoms with E-state index in [1.165, 1.54) is 5.56 Å². The number of carbonyl (C=O) groups is 2. The third-order valence-electron chi connectivity index (χ3n) is 7.28. The minimum absolute atomic E-state index is 0.208. The summed E-state index contributed by atoms with van der Waals surface area (Å²) in [6, 6.07) is 41.7. The molecule has 0 atom stereocenters. The molecule has 40 heavy (non-hydrogen) atoms. The summed E-state index contributed by atoms with van der Waals surface area (Å²) >= 11 is 0. The van der Waals surface area contributed by atoms with Crippen molar-refractivity contribution in [2.75, 3.05) is 4.90 Å². The summed E-state index contributed by atoms with van der Waals surface area (Å²) in [5.41, 5.74) is 6.21. The van der Waals surface area contributed by atoms with Gasteiger partial charge in [-0.15, -0.1) is 0 Å². The quantitative estimate of drug-likeness (QED) is 0.169. The van der Waals surface area contributed by atoms with Gasteiger partial charge in [0.05, 0.1) is 11.8 Å². The number of Topliss-reactive ketones (excluding diaryl/α,β-unsaturated/α-hetero) is 2. The van der Waals surface area contributed by atoms with Crippen molar-refractivity contribution in [3.8, 4) is 11.1 Å². The van der Waals surface area contributed by atoms with E-state index in [1.54, 1.807) is 36.6 Å². The van der Waals surface area contributed by atoms with Crippen molar-refractivity contribution in [2.45, 2.75) is 0 Å². The molecule has 4 heteroatoms. The van der Waals surface area contributed by atoms with Crippen LogP contribution in [0.2, 0.25) is 0 Å². The Bertz CT molecular complexity index is 1880. The highest BCUT2D eigenvalue weighted by molar-refractivity contribution is 6.41. The Morgan fingerprint density at radius 1 is 0.550 bits per heavy atom. The van der Waals surface area contributed by atoms with E-state index in [0.717, 1.165) is 33.3 Å². The smallest absolute Gasteiger partial charge is 0.204 e. The van der Waals surface area contributed by atoms with Gasteiger partial charge in [-0.25, -0.2) is 0 Å². The summed E-state index contributed by atoms with van der Waals surface area (Å²) in [5, 5.41) is 2.04. The van der Waals surface area contributed by atoms with Gasteiger partial charge in [-0.1, -0.05) is 84.9 Å². The fourth-order valence-electron chi connectivity index (χ4n) is 5.28. The third-order valence-corrected chi connectivity index (χ3v) is 7.28. The van der Waals surface area contributed by atoms with Gasteiger partial charge in [0.1, 0.15) is 0 Å². The summed E-state index contributed by atoms with van der Waals surface area (Å²) in [7, 11) is 0. The summed E-state index contributed by atoms with van der Waals surface area (Å²) < 4.78 is 5.83. The number of hydrogen-bond donors (Lipinski definition) is 0. The monoisotopic (exact) mass is 517 g/mol.